The number of amides is 2. The molecule has 0 saturated heterocycles. The molecule has 25 heavy (non-hydrogen) atoms. The number of aliphatic imine (C=N–C) groups is 1. The highest BCUT2D eigenvalue weighted by Crippen LogP contribution is 2.16. The van der Waals surface area contributed by atoms with E-state index in [0.29, 0.717) is 23.5 Å². The summed E-state index contributed by atoms with van der Waals surface area (Å²) >= 11 is 0. The molecule has 0 fully saturated rings. The Morgan fingerprint density at radius 2 is 1.88 bits per heavy atom. The lowest BCUT2D eigenvalue weighted by Gasteiger charge is -2.12. The molecule has 1 aromatic heterocycles. The fourth-order valence-electron chi connectivity index (χ4n) is 2.23. The molecule has 0 spiro atoms. The predicted octanol–water partition coefficient (Wildman–Crippen LogP) is 1.89. The van der Waals surface area contributed by atoms with Gasteiger partial charge in [0, 0.05) is 30.7 Å². The van der Waals surface area contributed by atoms with Crippen LogP contribution in [0.15, 0.2) is 65.9 Å². The summed E-state index contributed by atoms with van der Waals surface area (Å²) < 4.78 is 0. The summed E-state index contributed by atoms with van der Waals surface area (Å²) in [5.74, 6) is -0.706. The first-order chi connectivity index (χ1) is 12.2. The lowest BCUT2D eigenvalue weighted by Crippen LogP contribution is -2.27. The average Bonchev–Trinajstić information content (AvgIpc) is 3.06. The molecule has 0 radical (unpaired) electrons. The van der Waals surface area contributed by atoms with Gasteiger partial charge in [-0.3, -0.25) is 19.4 Å². The number of hydroxylamine groups is 1. The summed E-state index contributed by atoms with van der Waals surface area (Å²) in [4.78, 5) is 36.1. The molecule has 2 heterocycles. The molecule has 0 aliphatic carbocycles. The summed E-state index contributed by atoms with van der Waals surface area (Å²) in [6.45, 7) is 0.595. The third kappa shape index (κ3) is 4.58. The van der Waals surface area contributed by atoms with E-state index in [4.69, 9.17) is 4.84 Å². The van der Waals surface area contributed by atoms with Gasteiger partial charge in [0.05, 0.1) is 11.3 Å². The van der Waals surface area contributed by atoms with Crippen LogP contribution in [0, 0.1) is 0 Å². The SMILES string of the molecule is O=C1C=CC(CONC(=O)c2ccccc2NCc2ccncc2)=N1. The van der Waals surface area contributed by atoms with Crippen LogP contribution < -0.4 is 10.8 Å². The quantitative estimate of drug-likeness (QED) is 0.753. The second-order valence-corrected chi connectivity index (χ2v) is 5.25. The first-order valence-electron chi connectivity index (χ1n) is 7.66. The molecular formula is C18H16N4O3. The van der Waals surface area contributed by atoms with Crippen molar-refractivity contribution in [3.63, 3.8) is 0 Å². The first kappa shape index (κ1) is 16.5. The van der Waals surface area contributed by atoms with Crippen molar-refractivity contribution < 1.29 is 14.4 Å². The topological polar surface area (TPSA) is 92.7 Å². The van der Waals surface area contributed by atoms with Crippen LogP contribution in [0.2, 0.25) is 0 Å². The number of carbonyl (C=O) groups excluding carboxylic acids is 2. The Morgan fingerprint density at radius 1 is 1.08 bits per heavy atom. The number of hydrogen-bond acceptors (Lipinski definition) is 5. The van der Waals surface area contributed by atoms with E-state index in [2.05, 4.69) is 20.8 Å². The monoisotopic (exact) mass is 336 g/mol. The van der Waals surface area contributed by atoms with Crippen LogP contribution in [0.25, 0.3) is 0 Å². The number of para-hydroxylation sites is 1. The summed E-state index contributed by atoms with van der Waals surface area (Å²) in [6, 6.07) is 10.9. The molecule has 2 aromatic rings. The number of hydrogen-bond donors (Lipinski definition) is 2. The van der Waals surface area contributed by atoms with Crippen LogP contribution in [-0.2, 0) is 16.2 Å². The van der Waals surface area contributed by atoms with Gasteiger partial charge in [-0.2, -0.15) is 0 Å². The Balaban J connectivity index is 1.57. The maximum atomic E-state index is 12.3. The summed E-state index contributed by atoms with van der Waals surface area (Å²) in [7, 11) is 0. The van der Waals surface area contributed by atoms with Crippen molar-refractivity contribution >= 4 is 23.2 Å². The molecule has 7 heteroatoms. The van der Waals surface area contributed by atoms with Gasteiger partial charge >= 0.3 is 0 Å². The highest BCUT2D eigenvalue weighted by molar-refractivity contribution is 6.13. The Morgan fingerprint density at radius 3 is 2.64 bits per heavy atom. The molecule has 3 rings (SSSR count). The van der Waals surface area contributed by atoms with Gasteiger partial charge in [0.15, 0.2) is 0 Å². The summed E-state index contributed by atoms with van der Waals surface area (Å²) in [5, 5.41) is 3.22. The number of nitrogens with one attached hydrogen (secondary N) is 2. The zero-order chi connectivity index (χ0) is 17.5. The smallest absolute Gasteiger partial charge is 0.276 e. The van der Waals surface area contributed by atoms with E-state index >= 15 is 0 Å². The van der Waals surface area contributed by atoms with Crippen molar-refractivity contribution in [3.05, 3.63) is 72.1 Å². The zero-order valence-electron chi connectivity index (χ0n) is 13.3. The fourth-order valence-corrected chi connectivity index (χ4v) is 2.23. The van der Waals surface area contributed by atoms with Crippen molar-refractivity contribution in [3.8, 4) is 0 Å². The van der Waals surface area contributed by atoms with Crippen LogP contribution in [0.1, 0.15) is 15.9 Å². The van der Waals surface area contributed by atoms with Gasteiger partial charge < -0.3 is 5.32 Å². The van der Waals surface area contributed by atoms with Crippen molar-refractivity contribution in [2.24, 2.45) is 4.99 Å². The number of pyridine rings is 1. The predicted molar refractivity (Wildman–Crippen MR) is 93.0 cm³/mol. The molecule has 2 amide bonds. The maximum absolute atomic E-state index is 12.3. The highest BCUT2D eigenvalue weighted by Gasteiger charge is 2.12. The van der Waals surface area contributed by atoms with Gasteiger partial charge in [-0.1, -0.05) is 12.1 Å². The minimum atomic E-state index is -0.383. The van der Waals surface area contributed by atoms with Crippen LogP contribution >= 0.6 is 0 Å². The number of carbonyl (C=O) groups is 2. The van der Waals surface area contributed by atoms with Crippen molar-refractivity contribution in [2.45, 2.75) is 6.54 Å². The Kier molecular flexibility index (Phi) is 5.28. The molecule has 126 valence electrons. The molecule has 1 aliphatic heterocycles. The van der Waals surface area contributed by atoms with Crippen LogP contribution in [-0.4, -0.2) is 29.1 Å². The van der Waals surface area contributed by atoms with Crippen LogP contribution in [0.3, 0.4) is 0 Å². The largest absolute Gasteiger partial charge is 0.380 e. The zero-order valence-corrected chi connectivity index (χ0v) is 13.3. The van der Waals surface area contributed by atoms with Crippen molar-refractivity contribution in [1.29, 1.82) is 0 Å². The molecule has 7 nitrogen and oxygen atoms in total. The summed E-state index contributed by atoms with van der Waals surface area (Å²) in [5.41, 5.74) is 5.03. The van der Waals surface area contributed by atoms with Gasteiger partial charge in [0.1, 0.15) is 6.61 Å². The van der Waals surface area contributed by atoms with E-state index in [0.717, 1.165) is 5.56 Å². The first-order valence-corrected chi connectivity index (χ1v) is 7.66. The summed E-state index contributed by atoms with van der Waals surface area (Å²) in [6.07, 6.45) is 6.33. The minimum Gasteiger partial charge on any atom is -0.380 e. The minimum absolute atomic E-state index is 0.0284. The van der Waals surface area contributed by atoms with Crippen LogP contribution in [0.4, 0.5) is 5.69 Å². The molecule has 0 saturated carbocycles. The lowest BCUT2D eigenvalue weighted by atomic mass is 10.1. The Hall–Kier alpha value is -3.32. The Labute approximate surface area is 144 Å². The molecule has 0 unspecified atom stereocenters. The number of rotatable bonds is 7. The van der Waals surface area contributed by atoms with Gasteiger partial charge in [-0.15, -0.1) is 0 Å². The number of benzene rings is 1. The van der Waals surface area contributed by atoms with E-state index in [-0.39, 0.29) is 18.4 Å². The molecular weight excluding hydrogens is 320 g/mol. The molecule has 0 bridgehead atoms. The highest BCUT2D eigenvalue weighted by atomic mass is 16.6. The second kappa shape index (κ2) is 7.98. The molecule has 1 aromatic carbocycles. The number of anilines is 1. The van der Waals surface area contributed by atoms with E-state index in [9.17, 15) is 9.59 Å². The normalized spacial score (nSPS) is 12.8. The standard InChI is InChI=1S/C18H16N4O3/c23-17-6-5-14(21-17)12-25-22-18(24)15-3-1-2-4-16(15)20-11-13-7-9-19-10-8-13/h1-10,20H,11-12H2,(H,22,24). The fraction of sp³-hybridized carbons (Fsp3) is 0.111. The van der Waals surface area contributed by atoms with Crippen molar-refractivity contribution in [2.75, 3.05) is 11.9 Å². The van der Waals surface area contributed by atoms with E-state index in [1.165, 1.54) is 6.08 Å². The second-order valence-electron chi connectivity index (χ2n) is 5.25. The molecule has 1 aliphatic rings. The number of nitrogens with zero attached hydrogens (tertiary/aromatic N) is 2. The third-order valence-electron chi connectivity index (χ3n) is 3.46. The Bertz CT molecular complexity index is 831. The maximum Gasteiger partial charge on any atom is 0.276 e. The van der Waals surface area contributed by atoms with Gasteiger partial charge in [-0.25, -0.2) is 10.5 Å². The number of aromatic nitrogens is 1. The molecule has 0 atom stereocenters. The van der Waals surface area contributed by atoms with Gasteiger partial charge in [-0.05, 0) is 35.9 Å². The van der Waals surface area contributed by atoms with Crippen LogP contribution in [0.5, 0.6) is 0 Å². The average molecular weight is 336 g/mol. The third-order valence-corrected chi connectivity index (χ3v) is 3.46. The van der Waals surface area contributed by atoms with Gasteiger partial charge in [0.2, 0.25) is 0 Å². The van der Waals surface area contributed by atoms with Crippen molar-refractivity contribution in [1.82, 2.24) is 10.5 Å². The van der Waals surface area contributed by atoms with E-state index in [1.54, 1.807) is 30.6 Å². The lowest BCUT2D eigenvalue weighted by molar-refractivity contribution is -0.113. The molecule has 2 N–H and O–H groups in total. The van der Waals surface area contributed by atoms with E-state index < -0.39 is 0 Å². The van der Waals surface area contributed by atoms with Gasteiger partial charge in [0.25, 0.3) is 11.8 Å². The van der Waals surface area contributed by atoms with E-state index in [1.807, 2.05) is 24.3 Å².